The minimum Gasteiger partial charge on any atom is -0.478 e. The molecule has 0 rings (SSSR count). The molecule has 0 heterocycles. The van der Waals surface area contributed by atoms with Crippen molar-refractivity contribution in [2.24, 2.45) is 5.41 Å². The zero-order chi connectivity index (χ0) is 13.6. The molecule has 0 saturated heterocycles. The minimum absolute atomic E-state index is 0.145. The summed E-state index contributed by atoms with van der Waals surface area (Å²) in [7, 11) is 0. The molecule has 0 aliphatic heterocycles. The van der Waals surface area contributed by atoms with Crippen LogP contribution in [0.15, 0.2) is 23.3 Å². The summed E-state index contributed by atoms with van der Waals surface area (Å²) >= 11 is 0. The first-order chi connectivity index (χ1) is 7.65. The quantitative estimate of drug-likeness (QED) is 0.700. The van der Waals surface area contributed by atoms with Gasteiger partial charge in [0.2, 0.25) is 0 Å². The number of allylic oxidation sites excluding steroid dienone is 2. The molecule has 4 heteroatoms. The van der Waals surface area contributed by atoms with Crippen LogP contribution >= 0.6 is 0 Å². The lowest BCUT2D eigenvalue weighted by molar-refractivity contribution is -0.133. The van der Waals surface area contributed by atoms with E-state index in [0.29, 0.717) is 24.0 Å². The fourth-order valence-electron chi connectivity index (χ4n) is 1.12. The highest BCUT2D eigenvalue weighted by atomic mass is 16.4. The van der Waals surface area contributed by atoms with Crippen LogP contribution in [0.25, 0.3) is 0 Å². The zero-order valence-electron chi connectivity index (χ0n) is 10.8. The summed E-state index contributed by atoms with van der Waals surface area (Å²) in [6.07, 6.45) is 4.56. The van der Waals surface area contributed by atoms with E-state index in [1.165, 1.54) is 0 Å². The molecule has 0 radical (unpaired) electrons. The molecule has 0 bridgehead atoms. The van der Waals surface area contributed by atoms with Crippen molar-refractivity contribution in [1.82, 2.24) is 0 Å². The highest BCUT2D eigenvalue weighted by Gasteiger charge is 2.16. The van der Waals surface area contributed by atoms with Crippen molar-refractivity contribution in [3.05, 3.63) is 23.3 Å². The lowest BCUT2D eigenvalue weighted by atomic mass is 9.84. The molecule has 0 spiro atoms. The number of hydrogen-bond donors (Lipinski definition) is 2. The zero-order valence-corrected chi connectivity index (χ0v) is 10.8. The van der Waals surface area contributed by atoms with Crippen molar-refractivity contribution in [1.29, 1.82) is 0 Å². The Bertz CT molecular complexity index is 328. The molecule has 0 aliphatic rings. The van der Waals surface area contributed by atoms with Gasteiger partial charge in [-0.1, -0.05) is 26.0 Å². The molecule has 0 unspecified atom stereocenters. The second kappa shape index (κ2) is 6.23. The van der Waals surface area contributed by atoms with Gasteiger partial charge in [-0.25, -0.2) is 9.59 Å². The number of carboxylic acid groups (broad SMARTS) is 2. The summed E-state index contributed by atoms with van der Waals surface area (Å²) in [6, 6.07) is 0. The molecule has 17 heavy (non-hydrogen) atoms. The van der Waals surface area contributed by atoms with Gasteiger partial charge in [0, 0.05) is 11.1 Å². The first-order valence-corrected chi connectivity index (χ1v) is 5.46. The summed E-state index contributed by atoms with van der Waals surface area (Å²) in [5.41, 5.74) is 0.488. The lowest BCUT2D eigenvalue weighted by Gasteiger charge is -2.21. The number of carboxylic acids is 2. The van der Waals surface area contributed by atoms with Crippen molar-refractivity contribution >= 4 is 11.9 Å². The van der Waals surface area contributed by atoms with Gasteiger partial charge in [-0.2, -0.15) is 0 Å². The molecule has 4 nitrogen and oxygen atoms in total. The summed E-state index contributed by atoms with van der Waals surface area (Å²) in [5.74, 6) is -1.84. The fourth-order valence-corrected chi connectivity index (χ4v) is 1.12. The smallest absolute Gasteiger partial charge is 0.330 e. The van der Waals surface area contributed by atoms with Crippen LogP contribution in [0, 0.1) is 5.41 Å². The molecular formula is C13H20O4. The van der Waals surface area contributed by atoms with E-state index in [9.17, 15) is 9.59 Å². The Hall–Kier alpha value is -1.58. The normalized spacial score (nSPS) is 13.6. The maximum atomic E-state index is 10.6. The summed E-state index contributed by atoms with van der Waals surface area (Å²) in [6.45, 7) is 7.06. The second-order valence-corrected chi connectivity index (χ2v) is 4.96. The van der Waals surface area contributed by atoms with Crippen LogP contribution in [0.1, 0.15) is 40.5 Å². The van der Waals surface area contributed by atoms with E-state index in [-0.39, 0.29) is 5.41 Å². The Morgan fingerprint density at radius 3 is 1.47 bits per heavy atom. The fraction of sp³-hybridized carbons (Fsp3) is 0.538. The molecule has 96 valence electrons. The Morgan fingerprint density at radius 2 is 1.24 bits per heavy atom. The molecular weight excluding hydrogens is 220 g/mol. The van der Waals surface area contributed by atoms with Gasteiger partial charge in [-0.15, -0.1) is 0 Å². The predicted octanol–water partition coefficient (Wildman–Crippen LogP) is 2.85. The number of carbonyl (C=O) groups is 2. The molecule has 0 aliphatic carbocycles. The van der Waals surface area contributed by atoms with E-state index >= 15 is 0 Å². The highest BCUT2D eigenvalue weighted by Crippen LogP contribution is 2.27. The van der Waals surface area contributed by atoms with E-state index in [4.69, 9.17) is 10.2 Å². The van der Waals surface area contributed by atoms with Crippen LogP contribution in [-0.2, 0) is 9.59 Å². The Balaban J connectivity index is 4.50. The van der Waals surface area contributed by atoms with E-state index in [1.807, 2.05) is 13.8 Å². The van der Waals surface area contributed by atoms with Crippen LogP contribution < -0.4 is 0 Å². The molecule has 0 aromatic carbocycles. The van der Waals surface area contributed by atoms with Crippen LogP contribution in [0.2, 0.25) is 0 Å². The topological polar surface area (TPSA) is 74.6 Å². The van der Waals surface area contributed by atoms with Crippen LogP contribution in [-0.4, -0.2) is 22.2 Å². The minimum atomic E-state index is -0.918. The number of aliphatic carboxylic acids is 2. The van der Waals surface area contributed by atoms with Crippen LogP contribution in [0.3, 0.4) is 0 Å². The average molecular weight is 240 g/mol. The maximum Gasteiger partial charge on any atom is 0.330 e. The Morgan fingerprint density at radius 1 is 0.941 bits per heavy atom. The van der Waals surface area contributed by atoms with Gasteiger partial charge in [0.05, 0.1) is 0 Å². The van der Waals surface area contributed by atoms with Gasteiger partial charge in [-0.3, -0.25) is 0 Å². The number of hydrogen-bond acceptors (Lipinski definition) is 2. The first kappa shape index (κ1) is 15.4. The van der Waals surface area contributed by atoms with Crippen LogP contribution in [0.5, 0.6) is 0 Å². The maximum absolute atomic E-state index is 10.6. The predicted molar refractivity (Wildman–Crippen MR) is 65.8 cm³/mol. The van der Waals surface area contributed by atoms with Gasteiger partial charge in [0.15, 0.2) is 0 Å². The van der Waals surface area contributed by atoms with E-state index < -0.39 is 11.9 Å². The third kappa shape index (κ3) is 6.56. The van der Waals surface area contributed by atoms with Crippen molar-refractivity contribution in [3.63, 3.8) is 0 Å². The van der Waals surface area contributed by atoms with Gasteiger partial charge in [0.1, 0.15) is 0 Å². The third-order valence-electron chi connectivity index (χ3n) is 2.60. The summed E-state index contributed by atoms with van der Waals surface area (Å²) in [5, 5.41) is 17.4. The molecule has 0 atom stereocenters. The monoisotopic (exact) mass is 240 g/mol. The van der Waals surface area contributed by atoms with Crippen molar-refractivity contribution in [3.8, 4) is 0 Å². The first-order valence-electron chi connectivity index (χ1n) is 5.46. The molecule has 0 saturated carbocycles. The van der Waals surface area contributed by atoms with Gasteiger partial charge in [-0.05, 0) is 32.1 Å². The van der Waals surface area contributed by atoms with Crippen LogP contribution in [0.4, 0.5) is 0 Å². The molecule has 0 fully saturated rings. The second-order valence-electron chi connectivity index (χ2n) is 4.96. The van der Waals surface area contributed by atoms with Crippen molar-refractivity contribution in [2.45, 2.75) is 40.5 Å². The Labute approximate surface area is 102 Å². The summed E-state index contributed by atoms with van der Waals surface area (Å²) < 4.78 is 0. The third-order valence-corrected chi connectivity index (χ3v) is 2.60. The van der Waals surface area contributed by atoms with Crippen molar-refractivity contribution < 1.29 is 19.8 Å². The highest BCUT2D eigenvalue weighted by molar-refractivity contribution is 5.86. The number of rotatable bonds is 6. The van der Waals surface area contributed by atoms with E-state index in [0.717, 1.165) is 0 Å². The molecule has 2 N–H and O–H groups in total. The largest absolute Gasteiger partial charge is 0.478 e. The average Bonchev–Trinajstić information content (AvgIpc) is 2.22. The Kier molecular flexibility index (Phi) is 5.65. The standard InChI is InChI=1S/C13H20O4/c1-9(11(14)15)5-7-13(3,4)8-6-10(2)12(16)17/h5-6H,7-8H2,1-4H3,(H,14,15)(H,16,17). The van der Waals surface area contributed by atoms with Gasteiger partial charge < -0.3 is 10.2 Å². The van der Waals surface area contributed by atoms with Gasteiger partial charge in [0.25, 0.3) is 0 Å². The van der Waals surface area contributed by atoms with Crippen molar-refractivity contribution in [2.75, 3.05) is 0 Å². The molecule has 0 aromatic heterocycles. The molecule has 0 amide bonds. The van der Waals surface area contributed by atoms with Gasteiger partial charge >= 0.3 is 11.9 Å². The SMILES string of the molecule is CC(=CCC(C)(C)CC=C(C)C(=O)O)C(=O)O. The molecule has 0 aromatic rings. The van der Waals surface area contributed by atoms with E-state index in [2.05, 4.69) is 0 Å². The summed E-state index contributed by atoms with van der Waals surface area (Å²) in [4.78, 5) is 21.2. The van der Waals surface area contributed by atoms with E-state index in [1.54, 1.807) is 26.0 Å². The lowest BCUT2D eigenvalue weighted by Crippen LogP contribution is -2.10.